The summed E-state index contributed by atoms with van der Waals surface area (Å²) in [5, 5.41) is 9.91. The summed E-state index contributed by atoms with van der Waals surface area (Å²) < 4.78 is 0. The fourth-order valence-electron chi connectivity index (χ4n) is 5.97. The summed E-state index contributed by atoms with van der Waals surface area (Å²) in [6, 6.07) is 0. The SMILES string of the molecule is O=C1C=C2CCC3C4CCC(O)CC4CCC3C2CC1. The summed E-state index contributed by atoms with van der Waals surface area (Å²) in [5.74, 6) is 4.48. The van der Waals surface area contributed by atoms with E-state index in [1.165, 1.54) is 37.7 Å². The third-order valence-corrected chi connectivity index (χ3v) is 6.79. The number of carbonyl (C=O) groups is 1. The van der Waals surface area contributed by atoms with Crippen LogP contribution in [0.1, 0.15) is 57.8 Å². The van der Waals surface area contributed by atoms with E-state index in [9.17, 15) is 9.90 Å². The van der Waals surface area contributed by atoms with Crippen LogP contribution in [0.25, 0.3) is 0 Å². The summed E-state index contributed by atoms with van der Waals surface area (Å²) in [5.41, 5.74) is 1.48. The molecule has 2 nitrogen and oxygen atoms in total. The number of carbonyl (C=O) groups excluding carboxylic acids is 1. The van der Waals surface area contributed by atoms with Crippen LogP contribution >= 0.6 is 0 Å². The third-order valence-electron chi connectivity index (χ3n) is 6.79. The van der Waals surface area contributed by atoms with Crippen LogP contribution in [0.15, 0.2) is 11.6 Å². The Labute approximate surface area is 121 Å². The minimum absolute atomic E-state index is 0.0286. The molecule has 0 heterocycles. The molecule has 0 aromatic carbocycles. The second-order valence-electron chi connectivity index (χ2n) is 7.67. The largest absolute Gasteiger partial charge is 0.393 e. The second-order valence-corrected chi connectivity index (χ2v) is 7.67. The number of rotatable bonds is 0. The molecule has 0 amide bonds. The Morgan fingerprint density at radius 2 is 1.75 bits per heavy atom. The van der Waals surface area contributed by atoms with Gasteiger partial charge in [-0.1, -0.05) is 5.57 Å². The van der Waals surface area contributed by atoms with Gasteiger partial charge >= 0.3 is 0 Å². The quantitative estimate of drug-likeness (QED) is 0.734. The summed E-state index contributed by atoms with van der Waals surface area (Å²) in [6.07, 6.45) is 12.3. The van der Waals surface area contributed by atoms with E-state index < -0.39 is 0 Å². The Hall–Kier alpha value is -0.630. The Kier molecular flexibility index (Phi) is 3.25. The normalized spacial score (nSPS) is 47.9. The van der Waals surface area contributed by atoms with E-state index in [0.717, 1.165) is 55.3 Å². The minimum atomic E-state index is -0.0286. The van der Waals surface area contributed by atoms with Gasteiger partial charge in [0.1, 0.15) is 0 Å². The average molecular weight is 274 g/mol. The molecule has 1 N–H and O–H groups in total. The van der Waals surface area contributed by atoms with E-state index in [2.05, 4.69) is 0 Å². The first-order valence-electron chi connectivity index (χ1n) is 8.63. The molecule has 0 spiro atoms. The van der Waals surface area contributed by atoms with Crippen molar-refractivity contribution in [2.75, 3.05) is 0 Å². The maximum atomic E-state index is 11.6. The molecule has 4 rings (SSSR count). The zero-order valence-corrected chi connectivity index (χ0v) is 12.3. The van der Waals surface area contributed by atoms with Crippen LogP contribution in [0.5, 0.6) is 0 Å². The molecular formula is C18H26O2. The molecule has 0 saturated heterocycles. The van der Waals surface area contributed by atoms with Gasteiger partial charge in [0, 0.05) is 6.42 Å². The molecule has 110 valence electrons. The summed E-state index contributed by atoms with van der Waals surface area (Å²) >= 11 is 0. The van der Waals surface area contributed by atoms with Crippen LogP contribution in [0, 0.1) is 29.6 Å². The van der Waals surface area contributed by atoms with Crippen molar-refractivity contribution < 1.29 is 9.90 Å². The number of allylic oxidation sites excluding steroid dienone is 2. The lowest BCUT2D eigenvalue weighted by atomic mass is 9.53. The predicted octanol–water partition coefficient (Wildman–Crippen LogP) is 3.49. The minimum Gasteiger partial charge on any atom is -0.393 e. The monoisotopic (exact) mass is 274 g/mol. The van der Waals surface area contributed by atoms with Crippen LogP contribution in [0.4, 0.5) is 0 Å². The molecule has 3 saturated carbocycles. The van der Waals surface area contributed by atoms with Gasteiger partial charge in [-0.15, -0.1) is 0 Å². The van der Waals surface area contributed by atoms with Crippen molar-refractivity contribution in [3.8, 4) is 0 Å². The molecular weight excluding hydrogens is 248 g/mol. The van der Waals surface area contributed by atoms with Crippen LogP contribution in [0.3, 0.4) is 0 Å². The van der Waals surface area contributed by atoms with Crippen LogP contribution in [0.2, 0.25) is 0 Å². The molecule has 4 aliphatic rings. The average Bonchev–Trinajstić information content (AvgIpc) is 2.45. The molecule has 0 radical (unpaired) electrons. The van der Waals surface area contributed by atoms with Crippen molar-refractivity contribution in [2.45, 2.75) is 63.9 Å². The van der Waals surface area contributed by atoms with E-state index in [4.69, 9.17) is 0 Å². The summed E-state index contributed by atoms with van der Waals surface area (Å²) in [7, 11) is 0. The van der Waals surface area contributed by atoms with Crippen molar-refractivity contribution in [3.63, 3.8) is 0 Å². The number of ketones is 1. The lowest BCUT2D eigenvalue weighted by molar-refractivity contribution is -0.116. The van der Waals surface area contributed by atoms with Crippen molar-refractivity contribution in [1.29, 1.82) is 0 Å². The Bertz CT molecular complexity index is 439. The molecule has 6 unspecified atom stereocenters. The van der Waals surface area contributed by atoms with E-state index in [0.29, 0.717) is 5.78 Å². The van der Waals surface area contributed by atoms with Crippen molar-refractivity contribution in [2.24, 2.45) is 29.6 Å². The smallest absolute Gasteiger partial charge is 0.155 e. The first-order valence-corrected chi connectivity index (χ1v) is 8.63. The van der Waals surface area contributed by atoms with Gasteiger partial charge in [0.25, 0.3) is 0 Å². The van der Waals surface area contributed by atoms with Crippen LogP contribution in [-0.2, 0) is 4.79 Å². The predicted molar refractivity (Wildman–Crippen MR) is 78.1 cm³/mol. The third kappa shape index (κ3) is 2.07. The van der Waals surface area contributed by atoms with Gasteiger partial charge in [0.15, 0.2) is 5.78 Å². The van der Waals surface area contributed by atoms with Gasteiger partial charge in [-0.2, -0.15) is 0 Å². The van der Waals surface area contributed by atoms with E-state index in [1.807, 2.05) is 6.08 Å². The number of hydrogen-bond donors (Lipinski definition) is 1. The molecule has 0 aromatic heterocycles. The second kappa shape index (κ2) is 4.98. The highest BCUT2D eigenvalue weighted by Gasteiger charge is 2.47. The van der Waals surface area contributed by atoms with Crippen molar-refractivity contribution >= 4 is 5.78 Å². The molecule has 0 bridgehead atoms. The summed E-state index contributed by atoms with van der Waals surface area (Å²) in [4.78, 5) is 11.6. The van der Waals surface area contributed by atoms with E-state index >= 15 is 0 Å². The van der Waals surface area contributed by atoms with Crippen LogP contribution < -0.4 is 0 Å². The molecule has 4 aliphatic carbocycles. The van der Waals surface area contributed by atoms with Crippen LogP contribution in [-0.4, -0.2) is 17.0 Å². The van der Waals surface area contributed by atoms with Gasteiger partial charge in [-0.3, -0.25) is 4.79 Å². The molecule has 0 aromatic rings. The first kappa shape index (κ1) is 13.1. The molecule has 6 atom stereocenters. The van der Waals surface area contributed by atoms with Gasteiger partial charge in [0.05, 0.1) is 6.10 Å². The standard InChI is InChI=1S/C18H26O2/c19-13-3-7-15-11(9-13)1-5-17-16-8-4-14(20)10-12(16)2-6-18(15)17/h9,12,14-18,20H,1-8,10H2. The van der Waals surface area contributed by atoms with E-state index in [-0.39, 0.29) is 6.10 Å². The molecule has 20 heavy (non-hydrogen) atoms. The molecule has 0 aliphatic heterocycles. The number of aliphatic hydroxyl groups is 1. The number of fused-ring (bicyclic) bond motifs is 5. The lowest BCUT2D eigenvalue weighted by Gasteiger charge is -2.52. The summed E-state index contributed by atoms with van der Waals surface area (Å²) in [6.45, 7) is 0. The zero-order chi connectivity index (χ0) is 13.7. The van der Waals surface area contributed by atoms with Gasteiger partial charge in [-0.05, 0) is 87.0 Å². The molecule has 2 heteroatoms. The number of hydrogen-bond acceptors (Lipinski definition) is 2. The maximum Gasteiger partial charge on any atom is 0.155 e. The fourth-order valence-corrected chi connectivity index (χ4v) is 5.97. The Morgan fingerprint density at radius 3 is 2.65 bits per heavy atom. The Morgan fingerprint density at radius 1 is 0.900 bits per heavy atom. The topological polar surface area (TPSA) is 37.3 Å². The van der Waals surface area contributed by atoms with Gasteiger partial charge in [0.2, 0.25) is 0 Å². The van der Waals surface area contributed by atoms with E-state index in [1.54, 1.807) is 0 Å². The van der Waals surface area contributed by atoms with Crippen molar-refractivity contribution in [3.05, 3.63) is 11.6 Å². The fraction of sp³-hybridized carbons (Fsp3) is 0.833. The first-order chi connectivity index (χ1) is 9.72. The highest BCUT2D eigenvalue weighted by molar-refractivity contribution is 5.91. The van der Waals surface area contributed by atoms with Gasteiger partial charge in [-0.25, -0.2) is 0 Å². The van der Waals surface area contributed by atoms with Gasteiger partial charge < -0.3 is 5.11 Å². The highest BCUT2D eigenvalue weighted by Crippen LogP contribution is 2.55. The Balaban J connectivity index is 1.56. The molecule has 3 fully saturated rings. The maximum absolute atomic E-state index is 11.6. The highest BCUT2D eigenvalue weighted by atomic mass is 16.3. The number of aliphatic hydroxyl groups excluding tert-OH is 1. The van der Waals surface area contributed by atoms with Crippen molar-refractivity contribution in [1.82, 2.24) is 0 Å². The zero-order valence-electron chi connectivity index (χ0n) is 12.3. The lowest BCUT2D eigenvalue weighted by Crippen LogP contribution is -2.45.